The van der Waals surface area contributed by atoms with Crippen LogP contribution in [-0.2, 0) is 20.9 Å². The first-order valence-electron chi connectivity index (χ1n) is 7.62. The second kappa shape index (κ2) is 8.32. The lowest BCUT2D eigenvalue weighted by molar-refractivity contribution is -0.141. The average Bonchev–Trinajstić information content (AvgIpc) is 2.51. The Hall–Kier alpha value is -2.17. The molecule has 5 nitrogen and oxygen atoms in total. The van der Waals surface area contributed by atoms with Gasteiger partial charge in [0.05, 0.1) is 0 Å². The molecule has 1 aromatic rings. The molecule has 0 aliphatic carbocycles. The van der Waals surface area contributed by atoms with Gasteiger partial charge >= 0.3 is 0 Å². The van der Waals surface area contributed by atoms with Gasteiger partial charge in [0.25, 0.3) is 0 Å². The van der Waals surface area contributed by atoms with E-state index in [1.165, 1.54) is 4.90 Å². The fourth-order valence-electron chi connectivity index (χ4n) is 2.40. The Morgan fingerprint density at radius 2 is 1.95 bits per heavy atom. The predicted octanol–water partition coefficient (Wildman–Crippen LogP) is 2.09. The second-order valence-electron chi connectivity index (χ2n) is 5.10. The number of amides is 3. The molecular weight excluding hydrogens is 280 g/mol. The monoisotopic (exact) mass is 304 g/mol. The minimum Gasteiger partial charge on any atom is -0.329 e. The largest absolute Gasteiger partial charge is 0.329 e. The van der Waals surface area contributed by atoms with Crippen molar-refractivity contribution in [1.29, 1.82) is 0 Å². The van der Waals surface area contributed by atoms with Crippen molar-refractivity contribution in [2.45, 2.75) is 53.1 Å². The maximum absolute atomic E-state index is 11.8. The molecule has 1 unspecified atom stereocenters. The van der Waals surface area contributed by atoms with E-state index in [-0.39, 0.29) is 12.3 Å². The molecule has 0 bridgehead atoms. The smallest absolute Gasteiger partial charge is 0.249 e. The molecule has 5 heteroatoms. The summed E-state index contributed by atoms with van der Waals surface area (Å²) in [5, 5.41) is 2.28. The van der Waals surface area contributed by atoms with E-state index < -0.39 is 11.9 Å². The summed E-state index contributed by atoms with van der Waals surface area (Å²) in [7, 11) is 0. The van der Waals surface area contributed by atoms with Gasteiger partial charge in [-0.3, -0.25) is 19.7 Å². The van der Waals surface area contributed by atoms with E-state index in [0.29, 0.717) is 19.4 Å². The molecular formula is C17H24N2O3. The summed E-state index contributed by atoms with van der Waals surface area (Å²) in [4.78, 5) is 35.7. The zero-order valence-corrected chi connectivity index (χ0v) is 13.7. The molecule has 1 aliphatic heterocycles. The van der Waals surface area contributed by atoms with Crippen LogP contribution >= 0.6 is 0 Å². The number of imide groups is 1. The third kappa shape index (κ3) is 4.16. The number of nitrogens with zero attached hydrogens (tertiary/aromatic N) is 1. The number of carbonyl (C=O) groups is 3. The molecule has 1 atom stereocenters. The van der Waals surface area contributed by atoms with Gasteiger partial charge in [-0.15, -0.1) is 0 Å². The normalized spacial score (nSPS) is 17.2. The van der Waals surface area contributed by atoms with Gasteiger partial charge in [-0.05, 0) is 37.0 Å². The lowest BCUT2D eigenvalue weighted by atomic mass is 10.0. The minimum absolute atomic E-state index is 0.271. The summed E-state index contributed by atoms with van der Waals surface area (Å²) in [6.45, 7) is 8.39. The fourth-order valence-corrected chi connectivity index (χ4v) is 2.40. The molecule has 1 heterocycles. The number of piperidine rings is 1. The highest BCUT2D eigenvalue weighted by molar-refractivity contribution is 6.00. The molecule has 1 aliphatic rings. The number of hydrogen-bond acceptors (Lipinski definition) is 3. The molecule has 3 amide bonds. The number of nitrogens with one attached hydrogen (secondary N) is 1. The van der Waals surface area contributed by atoms with E-state index >= 15 is 0 Å². The van der Waals surface area contributed by atoms with Crippen LogP contribution in [0.4, 0.5) is 0 Å². The van der Waals surface area contributed by atoms with Crippen molar-refractivity contribution in [3.63, 3.8) is 0 Å². The lowest BCUT2D eigenvalue weighted by Gasteiger charge is -2.30. The van der Waals surface area contributed by atoms with Gasteiger partial charge < -0.3 is 4.90 Å². The zero-order chi connectivity index (χ0) is 16.7. The summed E-state index contributed by atoms with van der Waals surface area (Å²) < 4.78 is 0. The lowest BCUT2D eigenvalue weighted by Crippen LogP contribution is -2.51. The third-order valence-electron chi connectivity index (χ3n) is 3.82. The molecule has 0 radical (unpaired) electrons. The van der Waals surface area contributed by atoms with Crippen molar-refractivity contribution in [2.75, 3.05) is 0 Å². The molecule has 1 aromatic carbocycles. The third-order valence-corrected chi connectivity index (χ3v) is 3.82. The van der Waals surface area contributed by atoms with Crippen molar-refractivity contribution in [2.24, 2.45) is 0 Å². The minimum atomic E-state index is -0.565. The molecule has 0 aromatic heterocycles. The number of rotatable bonds is 4. The van der Waals surface area contributed by atoms with E-state index in [4.69, 9.17) is 0 Å². The maximum atomic E-state index is 11.8. The number of carbonyl (C=O) groups excluding carboxylic acids is 3. The molecule has 2 rings (SSSR count). The van der Waals surface area contributed by atoms with Gasteiger partial charge in [-0.25, -0.2) is 0 Å². The number of benzene rings is 1. The molecule has 1 fully saturated rings. The van der Waals surface area contributed by atoms with Gasteiger partial charge in [0.2, 0.25) is 18.2 Å². The standard InChI is InChI=1S/C15H18N2O3.C2H6/c1-10-4-3-5-12(11(10)2)8-17(9-18)13-6-7-14(19)16-15(13)20;1-2/h3-5,9,13H,6-8H2,1-2H3,(H,16,19,20);1-2H3. The Bertz CT molecular complexity index is 555. The van der Waals surface area contributed by atoms with Crippen molar-refractivity contribution in [3.8, 4) is 0 Å². The Morgan fingerprint density at radius 3 is 2.55 bits per heavy atom. The summed E-state index contributed by atoms with van der Waals surface area (Å²) in [5.41, 5.74) is 3.28. The van der Waals surface area contributed by atoms with Crippen LogP contribution in [-0.4, -0.2) is 29.2 Å². The highest BCUT2D eigenvalue weighted by Gasteiger charge is 2.31. The van der Waals surface area contributed by atoms with Crippen LogP contribution in [0, 0.1) is 13.8 Å². The Labute approximate surface area is 131 Å². The SMILES string of the molecule is CC.Cc1cccc(CN(C=O)C2CCC(=O)NC2=O)c1C. The number of hydrogen-bond donors (Lipinski definition) is 1. The van der Waals surface area contributed by atoms with Gasteiger partial charge in [-0.2, -0.15) is 0 Å². The molecule has 0 saturated carbocycles. The molecule has 1 N–H and O–H groups in total. The van der Waals surface area contributed by atoms with Crippen LogP contribution in [0.1, 0.15) is 43.4 Å². The summed E-state index contributed by atoms with van der Waals surface area (Å²) in [6, 6.07) is 5.33. The first-order valence-corrected chi connectivity index (χ1v) is 7.62. The first kappa shape index (κ1) is 17.9. The van der Waals surface area contributed by atoms with E-state index in [0.717, 1.165) is 16.7 Å². The molecule has 1 saturated heterocycles. The van der Waals surface area contributed by atoms with Crippen LogP contribution in [0.15, 0.2) is 18.2 Å². The Morgan fingerprint density at radius 1 is 1.27 bits per heavy atom. The maximum Gasteiger partial charge on any atom is 0.249 e. The highest BCUT2D eigenvalue weighted by atomic mass is 16.2. The van der Waals surface area contributed by atoms with Crippen LogP contribution in [0.2, 0.25) is 0 Å². The highest BCUT2D eigenvalue weighted by Crippen LogP contribution is 2.18. The topological polar surface area (TPSA) is 66.5 Å². The second-order valence-corrected chi connectivity index (χ2v) is 5.10. The summed E-state index contributed by atoms with van der Waals surface area (Å²) in [5.74, 6) is -0.664. The van der Waals surface area contributed by atoms with Gasteiger partial charge in [0.1, 0.15) is 6.04 Å². The van der Waals surface area contributed by atoms with E-state index in [1.807, 2.05) is 45.9 Å². The van der Waals surface area contributed by atoms with Crippen LogP contribution in [0.25, 0.3) is 0 Å². The molecule has 120 valence electrons. The average molecular weight is 304 g/mol. The molecule has 0 spiro atoms. The predicted molar refractivity (Wildman–Crippen MR) is 85.0 cm³/mol. The van der Waals surface area contributed by atoms with Crippen molar-refractivity contribution < 1.29 is 14.4 Å². The van der Waals surface area contributed by atoms with Gasteiger partial charge in [0, 0.05) is 13.0 Å². The van der Waals surface area contributed by atoms with E-state index in [9.17, 15) is 14.4 Å². The van der Waals surface area contributed by atoms with Crippen molar-refractivity contribution in [1.82, 2.24) is 10.2 Å². The van der Waals surface area contributed by atoms with Crippen LogP contribution in [0.3, 0.4) is 0 Å². The van der Waals surface area contributed by atoms with Crippen LogP contribution in [0.5, 0.6) is 0 Å². The Balaban J connectivity index is 0.00000116. The Kier molecular flexibility index (Phi) is 6.76. The van der Waals surface area contributed by atoms with Crippen LogP contribution < -0.4 is 5.32 Å². The van der Waals surface area contributed by atoms with E-state index in [2.05, 4.69) is 5.32 Å². The van der Waals surface area contributed by atoms with E-state index in [1.54, 1.807) is 0 Å². The van der Waals surface area contributed by atoms with Gasteiger partial charge in [0.15, 0.2) is 0 Å². The van der Waals surface area contributed by atoms with Crippen molar-refractivity contribution in [3.05, 3.63) is 34.9 Å². The number of aryl methyl sites for hydroxylation is 1. The van der Waals surface area contributed by atoms with Crippen molar-refractivity contribution >= 4 is 18.2 Å². The summed E-state index contributed by atoms with van der Waals surface area (Å²) in [6.07, 6.45) is 1.34. The zero-order valence-electron chi connectivity index (χ0n) is 13.7. The summed E-state index contributed by atoms with van der Waals surface area (Å²) >= 11 is 0. The van der Waals surface area contributed by atoms with Gasteiger partial charge in [-0.1, -0.05) is 32.0 Å². The first-order chi connectivity index (χ1) is 10.5. The fraction of sp³-hybridized carbons (Fsp3) is 0.471. The molecule has 22 heavy (non-hydrogen) atoms. The quantitative estimate of drug-likeness (QED) is 0.684.